The second kappa shape index (κ2) is 7.00. The van der Waals surface area contributed by atoms with Gasteiger partial charge in [-0.05, 0) is 43.2 Å². The minimum absolute atomic E-state index is 0.213. The van der Waals surface area contributed by atoms with Gasteiger partial charge in [0.2, 0.25) is 0 Å². The van der Waals surface area contributed by atoms with Crippen LogP contribution in [0.2, 0.25) is 5.02 Å². The van der Waals surface area contributed by atoms with Gasteiger partial charge in [-0.25, -0.2) is 4.52 Å². The van der Waals surface area contributed by atoms with Crippen molar-refractivity contribution in [2.45, 2.75) is 18.9 Å². The Hall–Kier alpha value is -3.65. The van der Waals surface area contributed by atoms with Crippen molar-refractivity contribution < 1.29 is 9.59 Å². The number of halogens is 1. The molecule has 0 aliphatic heterocycles. The molecule has 8 nitrogen and oxygen atoms in total. The van der Waals surface area contributed by atoms with Crippen molar-refractivity contribution in [2.75, 3.05) is 5.32 Å². The van der Waals surface area contributed by atoms with E-state index in [0.29, 0.717) is 27.8 Å². The summed E-state index contributed by atoms with van der Waals surface area (Å²) in [6.45, 7) is 0. The van der Waals surface area contributed by atoms with Crippen molar-refractivity contribution >= 4 is 45.7 Å². The minimum Gasteiger partial charge on any atom is -0.349 e. The number of aromatic amines is 1. The van der Waals surface area contributed by atoms with Crippen LogP contribution in [0.4, 0.5) is 5.69 Å². The first-order valence-electron chi connectivity index (χ1n) is 9.42. The number of benzene rings is 2. The highest BCUT2D eigenvalue weighted by Gasteiger charge is 2.25. The molecule has 0 atom stereocenters. The molecule has 0 unspecified atom stereocenters. The highest BCUT2D eigenvalue weighted by atomic mass is 35.5. The summed E-state index contributed by atoms with van der Waals surface area (Å²) in [4.78, 5) is 40.1. The summed E-state index contributed by atoms with van der Waals surface area (Å²) < 4.78 is 1.52. The number of amides is 2. The molecule has 0 radical (unpaired) electrons. The van der Waals surface area contributed by atoms with Gasteiger partial charge in [0.05, 0.1) is 27.7 Å². The summed E-state index contributed by atoms with van der Waals surface area (Å²) in [5, 5.41) is 10.6. The highest BCUT2D eigenvalue weighted by Crippen LogP contribution is 2.24. The number of H-pyrrole nitrogens is 1. The summed E-state index contributed by atoms with van der Waals surface area (Å²) in [7, 11) is 0. The number of para-hydroxylation sites is 1. The second-order valence-corrected chi connectivity index (χ2v) is 7.59. The van der Waals surface area contributed by atoms with Crippen molar-refractivity contribution in [2.24, 2.45) is 0 Å². The lowest BCUT2D eigenvalue weighted by Gasteiger charge is -2.09. The van der Waals surface area contributed by atoms with Gasteiger partial charge in [-0.15, -0.1) is 0 Å². The summed E-state index contributed by atoms with van der Waals surface area (Å²) in [6, 6.07) is 11.9. The molecule has 1 aliphatic carbocycles. The fourth-order valence-electron chi connectivity index (χ4n) is 3.31. The van der Waals surface area contributed by atoms with Gasteiger partial charge in [0.25, 0.3) is 17.4 Å². The second-order valence-electron chi connectivity index (χ2n) is 7.19. The normalized spacial score (nSPS) is 13.5. The Morgan fingerprint density at radius 3 is 2.67 bits per heavy atom. The molecule has 2 aromatic heterocycles. The van der Waals surface area contributed by atoms with Gasteiger partial charge in [-0.3, -0.25) is 14.4 Å². The van der Waals surface area contributed by atoms with Crippen molar-refractivity contribution in [3.05, 3.63) is 75.2 Å². The molecule has 4 aromatic rings. The van der Waals surface area contributed by atoms with E-state index in [1.54, 1.807) is 36.4 Å². The largest absolute Gasteiger partial charge is 0.349 e. The van der Waals surface area contributed by atoms with Crippen LogP contribution in [0.15, 0.2) is 53.5 Å². The van der Waals surface area contributed by atoms with Gasteiger partial charge in [0, 0.05) is 11.7 Å². The Labute approximate surface area is 174 Å². The molecule has 2 heterocycles. The molecule has 0 spiro atoms. The van der Waals surface area contributed by atoms with Gasteiger partial charge in [-0.2, -0.15) is 5.10 Å². The summed E-state index contributed by atoms with van der Waals surface area (Å²) >= 11 is 6.24. The highest BCUT2D eigenvalue weighted by molar-refractivity contribution is 6.34. The molecule has 150 valence electrons. The van der Waals surface area contributed by atoms with Crippen LogP contribution in [0.5, 0.6) is 0 Å². The molecule has 1 fully saturated rings. The lowest BCUT2D eigenvalue weighted by Crippen LogP contribution is -2.25. The van der Waals surface area contributed by atoms with E-state index in [2.05, 4.69) is 20.7 Å². The molecule has 1 aliphatic rings. The Bertz CT molecular complexity index is 1390. The molecule has 30 heavy (non-hydrogen) atoms. The quantitative estimate of drug-likeness (QED) is 0.470. The number of fused-ring (bicyclic) bond motifs is 3. The summed E-state index contributed by atoms with van der Waals surface area (Å²) in [6.07, 6.45) is 3.36. The minimum atomic E-state index is -0.456. The number of aromatic nitrogens is 3. The Morgan fingerprint density at radius 1 is 1.10 bits per heavy atom. The molecule has 1 saturated carbocycles. The van der Waals surface area contributed by atoms with Gasteiger partial charge in [0.15, 0.2) is 0 Å². The Morgan fingerprint density at radius 2 is 1.90 bits per heavy atom. The van der Waals surface area contributed by atoms with E-state index >= 15 is 0 Å². The van der Waals surface area contributed by atoms with Crippen LogP contribution in [-0.2, 0) is 0 Å². The van der Waals surface area contributed by atoms with E-state index in [1.165, 1.54) is 16.8 Å². The van der Waals surface area contributed by atoms with E-state index < -0.39 is 5.91 Å². The first-order valence-corrected chi connectivity index (χ1v) is 9.79. The first kappa shape index (κ1) is 18.4. The van der Waals surface area contributed by atoms with Gasteiger partial charge < -0.3 is 15.6 Å². The molecule has 2 amide bonds. The monoisotopic (exact) mass is 421 g/mol. The average Bonchev–Trinajstić information content (AvgIpc) is 3.44. The van der Waals surface area contributed by atoms with Gasteiger partial charge in [-0.1, -0.05) is 23.7 Å². The number of hydrogen-bond acceptors (Lipinski definition) is 4. The number of carbonyl (C=O) groups excluding carboxylic acids is 2. The lowest BCUT2D eigenvalue weighted by atomic mass is 10.2. The molecule has 3 N–H and O–H groups in total. The number of anilines is 1. The molecule has 0 saturated heterocycles. The van der Waals surface area contributed by atoms with Crippen LogP contribution in [0, 0.1) is 0 Å². The topological polar surface area (TPSA) is 108 Å². The number of nitrogens with zero attached hydrogens (tertiary/aromatic N) is 2. The van der Waals surface area contributed by atoms with E-state index in [9.17, 15) is 14.4 Å². The van der Waals surface area contributed by atoms with Crippen LogP contribution in [0.1, 0.15) is 33.6 Å². The zero-order valence-electron chi connectivity index (χ0n) is 15.6. The Kier molecular flexibility index (Phi) is 4.29. The van der Waals surface area contributed by atoms with Crippen molar-refractivity contribution in [3.8, 4) is 0 Å². The lowest BCUT2D eigenvalue weighted by molar-refractivity contribution is 0.0950. The van der Waals surface area contributed by atoms with Gasteiger partial charge in [0.1, 0.15) is 11.2 Å². The van der Waals surface area contributed by atoms with E-state index in [0.717, 1.165) is 12.8 Å². The van der Waals surface area contributed by atoms with Crippen molar-refractivity contribution in [1.82, 2.24) is 19.9 Å². The number of carbonyl (C=O) groups is 2. The zero-order chi connectivity index (χ0) is 20.8. The molecule has 9 heteroatoms. The third kappa shape index (κ3) is 3.21. The van der Waals surface area contributed by atoms with Crippen LogP contribution in [0.3, 0.4) is 0 Å². The summed E-state index contributed by atoms with van der Waals surface area (Å²) in [5.41, 5.74) is 1.59. The van der Waals surface area contributed by atoms with Crippen LogP contribution in [0.25, 0.3) is 16.6 Å². The van der Waals surface area contributed by atoms with Crippen LogP contribution in [-0.4, -0.2) is 32.5 Å². The van der Waals surface area contributed by atoms with E-state index in [-0.39, 0.29) is 28.1 Å². The maximum atomic E-state index is 12.8. The van der Waals surface area contributed by atoms with Crippen molar-refractivity contribution in [1.29, 1.82) is 0 Å². The van der Waals surface area contributed by atoms with Gasteiger partial charge >= 0.3 is 0 Å². The third-order valence-corrected chi connectivity index (χ3v) is 5.32. The summed E-state index contributed by atoms with van der Waals surface area (Å²) in [5.74, 6) is -0.686. The molecule has 5 rings (SSSR count). The number of nitrogens with one attached hydrogen (secondary N) is 3. The standard InChI is InChI=1S/C21H16ClN5O3/c22-16-9-12(7-8-13(16)19(28)24-11-5-6-11)25-21(30)15-10-23-27-17-4-2-1-3-14(17)20(29)26-18(15)27/h1-4,7-11H,5-6H2,(H,24,28)(H,25,30)(H,26,29). The first-order chi connectivity index (χ1) is 14.5. The van der Waals surface area contributed by atoms with Crippen LogP contribution >= 0.6 is 11.6 Å². The number of hydrogen-bond donors (Lipinski definition) is 3. The zero-order valence-corrected chi connectivity index (χ0v) is 16.4. The van der Waals surface area contributed by atoms with Crippen molar-refractivity contribution in [3.63, 3.8) is 0 Å². The molecule has 2 aromatic carbocycles. The smallest absolute Gasteiger partial charge is 0.261 e. The van der Waals surface area contributed by atoms with Crippen LogP contribution < -0.4 is 16.2 Å². The molecular formula is C21H16ClN5O3. The molecular weight excluding hydrogens is 406 g/mol. The predicted molar refractivity (Wildman–Crippen MR) is 113 cm³/mol. The third-order valence-electron chi connectivity index (χ3n) is 5.01. The maximum absolute atomic E-state index is 12.8. The number of rotatable bonds is 4. The molecule has 0 bridgehead atoms. The predicted octanol–water partition coefficient (Wildman–Crippen LogP) is 2.97. The van der Waals surface area contributed by atoms with E-state index in [1.807, 2.05) is 0 Å². The Balaban J connectivity index is 1.44. The van der Waals surface area contributed by atoms with E-state index in [4.69, 9.17) is 11.6 Å². The maximum Gasteiger partial charge on any atom is 0.261 e. The fourth-order valence-corrected chi connectivity index (χ4v) is 3.58. The fraction of sp³-hybridized carbons (Fsp3) is 0.143. The SMILES string of the molecule is O=C(NC1CC1)c1ccc(NC(=O)c2cnn3c2[nH]c(=O)c2ccccc23)cc1Cl. The average molecular weight is 422 g/mol.